The van der Waals surface area contributed by atoms with Crippen molar-refractivity contribution in [1.82, 2.24) is 14.5 Å². The molecule has 1 aromatic carbocycles. The quantitative estimate of drug-likeness (QED) is 0.845. The van der Waals surface area contributed by atoms with Crippen LogP contribution in [0.3, 0.4) is 0 Å². The van der Waals surface area contributed by atoms with E-state index in [0.717, 1.165) is 37.9 Å². The minimum absolute atomic E-state index is 0.0502. The molecule has 3 heterocycles. The Balaban J connectivity index is 1.55. The van der Waals surface area contributed by atoms with E-state index in [4.69, 9.17) is 4.74 Å². The van der Waals surface area contributed by atoms with Gasteiger partial charge < -0.3 is 9.72 Å². The van der Waals surface area contributed by atoms with Crippen molar-refractivity contribution in [1.29, 1.82) is 0 Å². The summed E-state index contributed by atoms with van der Waals surface area (Å²) in [5, 5.41) is 0. The molecule has 1 N–H and O–H groups in total. The molecule has 25 heavy (non-hydrogen) atoms. The van der Waals surface area contributed by atoms with Crippen molar-refractivity contribution < 1.29 is 13.9 Å². The molecule has 0 spiro atoms. The third kappa shape index (κ3) is 2.97. The van der Waals surface area contributed by atoms with Gasteiger partial charge in [0, 0.05) is 25.2 Å². The van der Waals surface area contributed by atoms with Crippen LogP contribution in [0.15, 0.2) is 16.9 Å². The number of hydrogen-bond donors (Lipinski definition) is 1. The number of piperidine rings is 1. The molecule has 4 rings (SSSR count). The van der Waals surface area contributed by atoms with E-state index >= 15 is 0 Å². The van der Waals surface area contributed by atoms with Crippen LogP contribution in [0, 0.1) is 12.7 Å². The van der Waals surface area contributed by atoms with Gasteiger partial charge in [-0.05, 0) is 43.9 Å². The van der Waals surface area contributed by atoms with Crippen molar-refractivity contribution >= 4 is 17.0 Å². The predicted octanol–water partition coefficient (Wildman–Crippen LogP) is 2.12. The lowest BCUT2D eigenvalue weighted by Gasteiger charge is -2.38. The van der Waals surface area contributed by atoms with Gasteiger partial charge in [-0.2, -0.15) is 0 Å². The second-order valence-corrected chi connectivity index (χ2v) is 7.08. The predicted molar refractivity (Wildman–Crippen MR) is 91.1 cm³/mol. The normalized spacial score (nSPS) is 23.1. The Morgan fingerprint density at radius 3 is 2.64 bits per heavy atom. The Bertz CT molecular complexity index is 864. The monoisotopic (exact) mass is 347 g/mol. The van der Waals surface area contributed by atoms with E-state index in [-0.39, 0.29) is 35.1 Å². The van der Waals surface area contributed by atoms with Crippen LogP contribution in [-0.2, 0) is 9.53 Å². The topological polar surface area (TPSA) is 67.3 Å². The van der Waals surface area contributed by atoms with Crippen LogP contribution >= 0.6 is 0 Å². The highest BCUT2D eigenvalue weighted by molar-refractivity contribution is 5.77. The zero-order valence-corrected chi connectivity index (χ0v) is 14.3. The number of carbonyl (C=O) groups is 1. The molecule has 6 nitrogen and oxygen atoms in total. The van der Waals surface area contributed by atoms with Crippen LogP contribution in [0.5, 0.6) is 0 Å². The molecule has 2 fully saturated rings. The van der Waals surface area contributed by atoms with E-state index in [2.05, 4.69) is 9.88 Å². The molecule has 2 aromatic rings. The molecule has 7 heteroatoms. The van der Waals surface area contributed by atoms with Crippen LogP contribution in [0.2, 0.25) is 0 Å². The molecule has 0 bridgehead atoms. The van der Waals surface area contributed by atoms with Gasteiger partial charge >= 0.3 is 11.7 Å². The molecule has 0 saturated carbocycles. The van der Waals surface area contributed by atoms with Gasteiger partial charge in [0.15, 0.2) is 0 Å². The van der Waals surface area contributed by atoms with Crippen molar-refractivity contribution in [3.8, 4) is 0 Å². The lowest BCUT2D eigenvalue weighted by atomic mass is 9.99. The minimum atomic E-state index is -0.385. The van der Waals surface area contributed by atoms with E-state index in [1.807, 2.05) is 13.0 Å². The zero-order valence-electron chi connectivity index (χ0n) is 14.3. The van der Waals surface area contributed by atoms with E-state index in [1.54, 1.807) is 4.57 Å². The number of aryl methyl sites for hydroxylation is 1. The van der Waals surface area contributed by atoms with Gasteiger partial charge in [0.05, 0.1) is 18.5 Å². The summed E-state index contributed by atoms with van der Waals surface area (Å²) in [5.74, 6) is -0.513. The molecule has 1 aromatic heterocycles. The highest BCUT2D eigenvalue weighted by Crippen LogP contribution is 2.29. The number of carbonyl (C=O) groups excluding carboxylic acids is 1. The average molecular weight is 347 g/mol. The first-order valence-electron chi connectivity index (χ1n) is 8.83. The number of aromatic nitrogens is 2. The Morgan fingerprint density at radius 2 is 1.92 bits per heavy atom. The van der Waals surface area contributed by atoms with E-state index < -0.39 is 0 Å². The van der Waals surface area contributed by atoms with Gasteiger partial charge in [0.1, 0.15) is 11.3 Å². The molecule has 1 unspecified atom stereocenters. The summed E-state index contributed by atoms with van der Waals surface area (Å²) >= 11 is 0. The zero-order chi connectivity index (χ0) is 17.6. The van der Waals surface area contributed by atoms with Gasteiger partial charge in [-0.25, -0.2) is 9.18 Å². The number of hydrogen-bond acceptors (Lipinski definition) is 4. The van der Waals surface area contributed by atoms with Gasteiger partial charge in [-0.1, -0.05) is 0 Å². The first-order valence-corrected chi connectivity index (χ1v) is 8.83. The number of cyclic esters (lactones) is 1. The number of fused-ring (bicyclic) bond motifs is 1. The summed E-state index contributed by atoms with van der Waals surface area (Å²) in [7, 11) is 0. The summed E-state index contributed by atoms with van der Waals surface area (Å²) in [6, 6.07) is 3.59. The van der Waals surface area contributed by atoms with Crippen molar-refractivity contribution in [3.05, 3.63) is 34.0 Å². The van der Waals surface area contributed by atoms with Gasteiger partial charge in [-0.3, -0.25) is 14.3 Å². The van der Waals surface area contributed by atoms with Crippen LogP contribution in [0.4, 0.5) is 4.39 Å². The number of likely N-dealkylation sites (tertiary alicyclic amines) is 1. The third-order valence-electron chi connectivity index (χ3n) is 5.42. The SMILES string of the molecule is Cc1cc(F)c2[nH]c(=O)n(C3CCN(C4CCOC(=O)C4)CC3)c2c1. The van der Waals surface area contributed by atoms with E-state index in [0.29, 0.717) is 18.5 Å². The lowest BCUT2D eigenvalue weighted by Crippen LogP contribution is -2.46. The summed E-state index contributed by atoms with van der Waals surface area (Å²) in [6.07, 6.45) is 2.94. The smallest absolute Gasteiger partial charge is 0.326 e. The maximum atomic E-state index is 14.1. The number of aromatic amines is 1. The number of rotatable bonds is 2. The maximum absolute atomic E-state index is 14.1. The second kappa shape index (κ2) is 6.29. The fraction of sp³-hybridized carbons (Fsp3) is 0.556. The lowest BCUT2D eigenvalue weighted by molar-refractivity contribution is -0.150. The highest BCUT2D eigenvalue weighted by Gasteiger charge is 2.31. The van der Waals surface area contributed by atoms with Crippen molar-refractivity contribution in [3.63, 3.8) is 0 Å². The summed E-state index contributed by atoms with van der Waals surface area (Å²) < 4.78 is 20.8. The molecule has 2 saturated heterocycles. The minimum Gasteiger partial charge on any atom is -0.466 e. The largest absolute Gasteiger partial charge is 0.466 e. The van der Waals surface area contributed by atoms with Crippen LogP contribution in [0.25, 0.3) is 11.0 Å². The van der Waals surface area contributed by atoms with Gasteiger partial charge in [-0.15, -0.1) is 0 Å². The molecule has 1 atom stereocenters. The van der Waals surface area contributed by atoms with Crippen molar-refractivity contribution in [2.45, 2.75) is 44.7 Å². The third-order valence-corrected chi connectivity index (χ3v) is 5.42. The molecular weight excluding hydrogens is 325 g/mol. The van der Waals surface area contributed by atoms with Crippen LogP contribution in [0.1, 0.15) is 37.3 Å². The fourth-order valence-electron chi connectivity index (χ4n) is 4.16. The van der Waals surface area contributed by atoms with Gasteiger partial charge in [0.25, 0.3) is 0 Å². The number of ether oxygens (including phenoxy) is 1. The summed E-state index contributed by atoms with van der Waals surface area (Å²) in [5.41, 5.74) is 1.48. The fourth-order valence-corrected chi connectivity index (χ4v) is 4.16. The first kappa shape index (κ1) is 16.3. The maximum Gasteiger partial charge on any atom is 0.326 e. The Morgan fingerprint density at radius 1 is 1.16 bits per heavy atom. The Hall–Kier alpha value is -2.15. The van der Waals surface area contributed by atoms with Gasteiger partial charge in [0.2, 0.25) is 0 Å². The molecule has 0 radical (unpaired) electrons. The second-order valence-electron chi connectivity index (χ2n) is 7.08. The first-order chi connectivity index (χ1) is 12.0. The van der Waals surface area contributed by atoms with Crippen molar-refractivity contribution in [2.75, 3.05) is 19.7 Å². The molecule has 2 aliphatic heterocycles. The Labute approximate surface area is 144 Å². The number of imidazole rings is 1. The number of esters is 1. The average Bonchev–Trinajstić information content (AvgIpc) is 2.91. The molecule has 0 amide bonds. The summed E-state index contributed by atoms with van der Waals surface area (Å²) in [4.78, 5) is 28.9. The van der Waals surface area contributed by atoms with Crippen LogP contribution < -0.4 is 5.69 Å². The molecule has 0 aliphatic carbocycles. The highest BCUT2D eigenvalue weighted by atomic mass is 19.1. The molecule has 134 valence electrons. The number of benzene rings is 1. The molecular formula is C18H22FN3O3. The summed E-state index contributed by atoms with van der Waals surface area (Å²) in [6.45, 7) is 3.98. The number of H-pyrrole nitrogens is 1. The Kier molecular flexibility index (Phi) is 4.11. The molecule has 2 aliphatic rings. The number of nitrogens with one attached hydrogen (secondary N) is 1. The van der Waals surface area contributed by atoms with E-state index in [1.165, 1.54) is 6.07 Å². The van der Waals surface area contributed by atoms with Crippen molar-refractivity contribution in [2.24, 2.45) is 0 Å². The van der Waals surface area contributed by atoms with Crippen LogP contribution in [-0.4, -0.2) is 46.2 Å². The number of nitrogens with zero attached hydrogens (tertiary/aromatic N) is 2. The standard InChI is InChI=1S/C18H22FN3O3/c1-11-8-14(19)17-15(9-11)22(18(24)20-17)12-2-5-21(6-3-12)13-4-7-25-16(23)10-13/h8-9,12-13H,2-7,10H2,1H3,(H,20,24). The van der Waals surface area contributed by atoms with E-state index in [9.17, 15) is 14.0 Å². The number of halogens is 1.